The molecule has 0 bridgehead atoms. The van der Waals surface area contributed by atoms with Gasteiger partial charge in [0.05, 0.1) is 0 Å². The maximum absolute atomic E-state index is 12.2. The molecule has 0 aromatic heterocycles. The van der Waals surface area contributed by atoms with Crippen LogP contribution >= 0.6 is 0 Å². The summed E-state index contributed by atoms with van der Waals surface area (Å²) in [7, 11) is 0. The molecule has 0 aliphatic carbocycles. The summed E-state index contributed by atoms with van der Waals surface area (Å²) < 4.78 is 12.5. The summed E-state index contributed by atoms with van der Waals surface area (Å²) in [5.74, 6) is -0.326. The van der Waals surface area contributed by atoms with Gasteiger partial charge < -0.3 is 0 Å². The quantitative estimate of drug-likeness (QED) is 0.488. The molecule has 1 rings (SSSR count). The van der Waals surface area contributed by atoms with Gasteiger partial charge in [-0.25, -0.2) is 0 Å². The van der Waals surface area contributed by atoms with Gasteiger partial charge in [-0.05, 0) is 0 Å². The number of rotatable bonds is 0. The Kier molecular flexibility index (Phi) is 4.26. The predicted molar refractivity (Wildman–Crippen MR) is 33.2 cm³/mol. The maximum atomic E-state index is 12.2. The average Bonchev–Trinajstić information content (AvgIpc) is 1.77. The Morgan fingerprint density at radius 2 is 1.78 bits per heavy atom. The fourth-order valence-electron chi connectivity index (χ4n) is 0.426. The van der Waals surface area contributed by atoms with Gasteiger partial charge in [-0.15, -0.1) is 0 Å². The summed E-state index contributed by atoms with van der Waals surface area (Å²) in [6, 6.07) is 6.22. The third kappa shape index (κ3) is 2.56. The van der Waals surface area contributed by atoms with Crippen LogP contribution in [0.2, 0.25) is 0 Å². The van der Waals surface area contributed by atoms with Crippen LogP contribution in [0.15, 0.2) is 24.3 Å². The van der Waals surface area contributed by atoms with Gasteiger partial charge in [0.2, 0.25) is 0 Å². The molecule has 0 spiro atoms. The second-order valence-electron chi connectivity index (χ2n) is 1.37. The van der Waals surface area contributed by atoms with Gasteiger partial charge in [0.1, 0.15) is 0 Å². The molecule has 0 saturated heterocycles. The van der Waals surface area contributed by atoms with Gasteiger partial charge in [-0.3, -0.25) is 0 Å². The van der Waals surface area contributed by atoms with Crippen molar-refractivity contribution < 1.29 is 20.4 Å². The predicted octanol–water partition coefficient (Wildman–Crippen LogP) is 0.349. The number of hydrogen-bond acceptors (Lipinski definition) is 0. The van der Waals surface area contributed by atoms with E-state index in [1.807, 2.05) is 0 Å². The van der Waals surface area contributed by atoms with Crippen LogP contribution in [0.4, 0.5) is 4.39 Å². The minimum absolute atomic E-state index is 0. The van der Waals surface area contributed by atoms with E-state index < -0.39 is 0 Å². The van der Waals surface area contributed by atoms with Gasteiger partial charge in [0, 0.05) is 0 Å². The molecule has 0 fully saturated rings. The summed E-state index contributed by atoms with van der Waals surface area (Å²) >= 11 is 4.72. The van der Waals surface area contributed by atoms with Crippen molar-refractivity contribution in [1.29, 1.82) is 0 Å². The van der Waals surface area contributed by atoms with Crippen LogP contribution < -0.4 is 4.46 Å². The van der Waals surface area contributed by atoms with Crippen molar-refractivity contribution in [2.45, 2.75) is 0 Å². The molecule has 0 aliphatic heterocycles. The van der Waals surface area contributed by atoms with E-state index in [9.17, 15) is 4.39 Å². The fourth-order valence-corrected chi connectivity index (χ4v) is 0.595. The first kappa shape index (κ1) is 9.27. The molecule has 0 amide bonds. The Morgan fingerprint density at radius 3 is 2.11 bits per heavy atom. The van der Waals surface area contributed by atoms with E-state index in [4.69, 9.17) is 16.0 Å². The number of benzene rings is 1. The molecule has 0 nitrogen and oxygen atoms in total. The Morgan fingerprint density at radius 1 is 1.22 bits per heavy atom. The second-order valence-corrected chi connectivity index (χ2v) is 1.88. The normalized spacial score (nSPS) is 8.33. The van der Waals surface area contributed by atoms with E-state index in [2.05, 4.69) is 0 Å². The van der Waals surface area contributed by atoms with E-state index in [0.29, 0.717) is 0 Å². The van der Waals surface area contributed by atoms with E-state index in [1.54, 1.807) is 18.2 Å². The summed E-state index contributed by atoms with van der Waals surface area (Å²) in [6.07, 6.45) is 0. The third-order valence-corrected chi connectivity index (χ3v) is 1.18. The molecule has 0 saturated carbocycles. The molecule has 3 heteroatoms. The first-order valence-electron chi connectivity index (χ1n) is 2.17. The minimum atomic E-state index is -0.326. The van der Waals surface area contributed by atoms with Crippen LogP contribution in [0.1, 0.15) is 0 Å². The zero-order valence-electron chi connectivity index (χ0n) is 3.99. The van der Waals surface area contributed by atoms with Crippen LogP contribution in [0.25, 0.3) is 0 Å². The summed E-state index contributed by atoms with van der Waals surface area (Å²) in [4.78, 5) is 0. The van der Waals surface area contributed by atoms with Crippen molar-refractivity contribution in [3.05, 3.63) is 30.1 Å². The molecule has 0 heterocycles. The van der Waals surface area contributed by atoms with Crippen LogP contribution in [-0.4, -0.2) is 18.9 Å². The van der Waals surface area contributed by atoms with Crippen molar-refractivity contribution in [3.8, 4) is 0 Å². The first-order chi connectivity index (χ1) is 3.80. The van der Waals surface area contributed by atoms with Crippen LogP contribution in [0, 0.1) is 5.82 Å². The van der Waals surface area contributed by atoms with Gasteiger partial charge in [0.15, 0.2) is 0 Å². The molecule has 9 heavy (non-hydrogen) atoms. The van der Waals surface area contributed by atoms with Gasteiger partial charge in [-0.1, -0.05) is 0 Å². The van der Waals surface area contributed by atoms with Crippen molar-refractivity contribution in [1.82, 2.24) is 0 Å². The van der Waals surface area contributed by atoms with E-state index >= 15 is 0 Å². The van der Waals surface area contributed by atoms with Crippen molar-refractivity contribution >= 4 is 23.3 Å². The van der Waals surface area contributed by atoms with E-state index in [1.165, 1.54) is 6.07 Å². The molecule has 1 aromatic rings. The Bertz CT molecular complexity index is 169. The van der Waals surface area contributed by atoms with Crippen molar-refractivity contribution in [2.75, 3.05) is 0 Å². The molecule has 48 valence electrons. The van der Waals surface area contributed by atoms with Crippen LogP contribution in [0.5, 0.6) is 0 Å². The Balaban J connectivity index is 0.000000640. The monoisotopic (exact) mass is 166 g/mol. The average molecular weight is 167 g/mol. The van der Waals surface area contributed by atoms with Crippen molar-refractivity contribution in [2.24, 2.45) is 0 Å². The summed E-state index contributed by atoms with van der Waals surface area (Å²) in [6.45, 7) is 0. The Hall–Kier alpha value is 0.267. The van der Waals surface area contributed by atoms with Crippen LogP contribution in [0.3, 0.4) is 0 Å². The molecular weight excluding hydrogens is 162 g/mol. The number of hydrogen-bond donors (Lipinski definition) is 0. The zero-order chi connectivity index (χ0) is 5.98. The third-order valence-electron chi connectivity index (χ3n) is 0.793. The Labute approximate surface area is 73.8 Å². The standard InChI is InChI=1S/C6H4F.Cu.Li.H/c7-6-4-2-1-3-5-6;;;/h1-4H;;;. The molecule has 0 radical (unpaired) electrons. The van der Waals surface area contributed by atoms with E-state index in [0.717, 1.165) is 0 Å². The number of halogens is 1. The molecule has 0 aliphatic rings. The molecule has 0 unspecified atom stereocenters. The molecule has 1 aromatic carbocycles. The van der Waals surface area contributed by atoms with Gasteiger partial charge >= 0.3 is 73.8 Å². The van der Waals surface area contributed by atoms with Crippen molar-refractivity contribution in [3.63, 3.8) is 0 Å². The van der Waals surface area contributed by atoms with Gasteiger partial charge in [0.25, 0.3) is 0 Å². The summed E-state index contributed by atoms with van der Waals surface area (Å²) in [5.41, 5.74) is 0. The zero-order valence-corrected chi connectivity index (χ0v) is 4.93. The summed E-state index contributed by atoms with van der Waals surface area (Å²) in [5, 5.41) is 0. The first-order valence-corrected chi connectivity index (χ1v) is 2.64. The molecule has 0 N–H and O–H groups in total. The molecule has 0 atom stereocenters. The fraction of sp³-hybridized carbons (Fsp3) is 0. The van der Waals surface area contributed by atoms with Crippen LogP contribution in [-0.2, 0) is 16.0 Å². The second kappa shape index (κ2) is 4.14. The topological polar surface area (TPSA) is 0 Å². The van der Waals surface area contributed by atoms with E-state index in [-0.39, 0.29) is 29.1 Å². The van der Waals surface area contributed by atoms with Gasteiger partial charge in [-0.2, -0.15) is 0 Å². The molecular formula is C6H5CuFLi. The SMILES string of the molecule is Fc1cccc[c]1[Cu].[LiH].